The monoisotopic (exact) mass is 198 g/mol. The lowest BCUT2D eigenvalue weighted by atomic mass is 10.3. The van der Waals surface area contributed by atoms with Crippen LogP contribution in [0.1, 0.15) is 19.8 Å². The summed E-state index contributed by atoms with van der Waals surface area (Å²) in [5.74, 6) is 1.07. The van der Waals surface area contributed by atoms with E-state index in [2.05, 4.69) is 44.3 Å². The molecule has 2 heteroatoms. The van der Waals surface area contributed by atoms with Crippen LogP contribution >= 0.6 is 11.8 Å². The molecule has 74 valence electrons. The van der Waals surface area contributed by atoms with Crippen LogP contribution in [0.15, 0.2) is 24.8 Å². The summed E-state index contributed by atoms with van der Waals surface area (Å²) in [6.45, 7) is 5.79. The second-order valence-corrected chi connectivity index (χ2v) is 4.09. The molecule has 0 aliphatic heterocycles. The van der Waals surface area contributed by atoms with Crippen molar-refractivity contribution in [2.24, 2.45) is 0 Å². The lowest BCUT2D eigenvalue weighted by Gasteiger charge is -1.99. The quantitative estimate of drug-likeness (QED) is 0.284. The Morgan fingerprint density at radius 1 is 1.46 bits per heavy atom. The van der Waals surface area contributed by atoms with Gasteiger partial charge in [-0.25, -0.2) is 4.58 Å². The van der Waals surface area contributed by atoms with E-state index >= 15 is 0 Å². The minimum Gasteiger partial charge on any atom is -0.233 e. The van der Waals surface area contributed by atoms with Gasteiger partial charge in [-0.1, -0.05) is 30.0 Å². The molecule has 0 spiro atoms. The third-order valence-corrected chi connectivity index (χ3v) is 2.90. The molecule has 0 N–H and O–H groups in total. The van der Waals surface area contributed by atoms with E-state index in [-0.39, 0.29) is 0 Å². The van der Waals surface area contributed by atoms with Gasteiger partial charge in [-0.2, -0.15) is 0 Å². The molecule has 0 heterocycles. The summed E-state index contributed by atoms with van der Waals surface area (Å²) in [5, 5.41) is 1.43. The van der Waals surface area contributed by atoms with Crippen LogP contribution in [0.5, 0.6) is 0 Å². The van der Waals surface area contributed by atoms with Crippen molar-refractivity contribution in [3.05, 3.63) is 24.8 Å². The molecule has 0 aliphatic carbocycles. The van der Waals surface area contributed by atoms with Crippen molar-refractivity contribution in [2.75, 3.05) is 19.8 Å². The highest BCUT2D eigenvalue weighted by Crippen LogP contribution is 2.09. The fraction of sp³-hybridized carbons (Fsp3) is 0.545. The molecule has 0 saturated heterocycles. The zero-order valence-electron chi connectivity index (χ0n) is 8.92. The maximum Gasteiger partial charge on any atom is 0.210 e. The zero-order valence-corrected chi connectivity index (χ0v) is 9.73. The van der Waals surface area contributed by atoms with Crippen LogP contribution in [0, 0.1) is 0 Å². The normalized spacial score (nSPS) is 10.4. The van der Waals surface area contributed by atoms with E-state index in [0.717, 1.165) is 18.6 Å². The van der Waals surface area contributed by atoms with Crippen molar-refractivity contribution in [1.29, 1.82) is 0 Å². The second kappa shape index (κ2) is 8.11. The molecule has 0 saturated carbocycles. The molecule has 0 unspecified atom stereocenters. The van der Waals surface area contributed by atoms with Crippen LogP contribution in [0.2, 0.25) is 0 Å². The Morgan fingerprint density at radius 3 is 2.62 bits per heavy atom. The Hall–Kier alpha value is -0.500. The Kier molecular flexibility index (Phi) is 7.80. The molecule has 0 bridgehead atoms. The third-order valence-electron chi connectivity index (χ3n) is 1.64. The SMILES string of the molecule is C=CCCC(SCC=CC)=[N+](C)C. The molecule has 13 heavy (non-hydrogen) atoms. The maximum absolute atomic E-state index is 3.73. The number of allylic oxidation sites excluding steroid dienone is 2. The minimum atomic E-state index is 1.07. The standard InChI is InChI=1S/C11H20NS/c1-5-7-9-11(12(3)4)13-10-8-6-2/h5-6,8H,1,7,9-10H2,2-4H3/q+1. The molecule has 0 fully saturated rings. The number of nitrogens with zero attached hydrogens (tertiary/aromatic N) is 1. The number of hydrogen-bond donors (Lipinski definition) is 0. The van der Waals surface area contributed by atoms with E-state index in [1.807, 2.05) is 17.8 Å². The number of thioether (sulfide) groups is 1. The van der Waals surface area contributed by atoms with Crippen molar-refractivity contribution in [3.8, 4) is 0 Å². The smallest absolute Gasteiger partial charge is 0.210 e. The molecule has 0 aliphatic rings. The molecule has 0 aromatic rings. The highest BCUT2D eigenvalue weighted by atomic mass is 32.2. The topological polar surface area (TPSA) is 3.01 Å². The van der Waals surface area contributed by atoms with E-state index in [4.69, 9.17) is 0 Å². The van der Waals surface area contributed by atoms with Gasteiger partial charge in [0.15, 0.2) is 0 Å². The zero-order chi connectivity index (χ0) is 10.1. The highest BCUT2D eigenvalue weighted by molar-refractivity contribution is 8.13. The van der Waals surface area contributed by atoms with Gasteiger partial charge < -0.3 is 0 Å². The Labute approximate surface area is 86.2 Å². The molecule has 0 aromatic heterocycles. The minimum absolute atomic E-state index is 1.07. The van der Waals surface area contributed by atoms with E-state index < -0.39 is 0 Å². The summed E-state index contributed by atoms with van der Waals surface area (Å²) < 4.78 is 2.19. The first-order chi connectivity index (χ1) is 6.22. The van der Waals surface area contributed by atoms with Gasteiger partial charge in [0.25, 0.3) is 0 Å². The largest absolute Gasteiger partial charge is 0.233 e. The molecule has 0 atom stereocenters. The van der Waals surface area contributed by atoms with E-state index in [0.29, 0.717) is 0 Å². The van der Waals surface area contributed by atoms with E-state index in [9.17, 15) is 0 Å². The lowest BCUT2D eigenvalue weighted by molar-refractivity contribution is -0.462. The third kappa shape index (κ3) is 6.64. The summed E-state index contributed by atoms with van der Waals surface area (Å²) in [5.41, 5.74) is 0. The summed E-state index contributed by atoms with van der Waals surface area (Å²) in [7, 11) is 4.20. The van der Waals surface area contributed by atoms with Crippen molar-refractivity contribution >= 4 is 16.8 Å². The summed E-state index contributed by atoms with van der Waals surface area (Å²) in [6.07, 6.45) is 8.42. The van der Waals surface area contributed by atoms with Gasteiger partial charge in [0.2, 0.25) is 5.04 Å². The van der Waals surface area contributed by atoms with Crippen molar-refractivity contribution in [2.45, 2.75) is 19.8 Å². The fourth-order valence-corrected chi connectivity index (χ4v) is 1.89. The van der Waals surface area contributed by atoms with E-state index in [1.165, 1.54) is 5.04 Å². The highest BCUT2D eigenvalue weighted by Gasteiger charge is 2.05. The van der Waals surface area contributed by atoms with Gasteiger partial charge in [0.1, 0.15) is 14.1 Å². The lowest BCUT2D eigenvalue weighted by Crippen LogP contribution is -2.09. The van der Waals surface area contributed by atoms with Crippen LogP contribution in [-0.4, -0.2) is 29.5 Å². The number of rotatable bonds is 5. The summed E-state index contributed by atoms with van der Waals surface area (Å²) >= 11 is 1.90. The Balaban J connectivity index is 3.96. The van der Waals surface area contributed by atoms with Crippen LogP contribution < -0.4 is 0 Å². The average Bonchev–Trinajstić information content (AvgIpc) is 2.10. The molecular formula is C11H20NS+. The second-order valence-electron chi connectivity index (χ2n) is 3.00. The van der Waals surface area contributed by atoms with Gasteiger partial charge in [-0.3, -0.25) is 0 Å². The first-order valence-electron chi connectivity index (χ1n) is 4.60. The van der Waals surface area contributed by atoms with Gasteiger partial charge in [0.05, 0.1) is 0 Å². The fourth-order valence-electron chi connectivity index (χ4n) is 0.891. The van der Waals surface area contributed by atoms with Crippen molar-refractivity contribution in [1.82, 2.24) is 0 Å². The van der Waals surface area contributed by atoms with Crippen LogP contribution in [0.25, 0.3) is 0 Å². The Bertz CT molecular complexity index is 200. The van der Waals surface area contributed by atoms with Crippen LogP contribution in [0.4, 0.5) is 0 Å². The molecular weight excluding hydrogens is 178 g/mol. The van der Waals surface area contributed by atoms with Crippen molar-refractivity contribution < 1.29 is 4.58 Å². The predicted molar refractivity (Wildman–Crippen MR) is 63.8 cm³/mol. The number of hydrogen-bond acceptors (Lipinski definition) is 1. The van der Waals surface area contributed by atoms with Crippen molar-refractivity contribution in [3.63, 3.8) is 0 Å². The van der Waals surface area contributed by atoms with E-state index in [1.54, 1.807) is 0 Å². The van der Waals surface area contributed by atoms with Gasteiger partial charge in [-0.05, 0) is 13.3 Å². The molecule has 0 amide bonds. The first-order valence-corrected chi connectivity index (χ1v) is 5.59. The van der Waals surface area contributed by atoms with Gasteiger partial charge in [0, 0.05) is 12.2 Å². The first kappa shape index (κ1) is 12.5. The average molecular weight is 198 g/mol. The molecule has 0 radical (unpaired) electrons. The Morgan fingerprint density at radius 2 is 2.15 bits per heavy atom. The predicted octanol–water partition coefficient (Wildman–Crippen LogP) is 2.93. The molecule has 1 nitrogen and oxygen atoms in total. The molecule has 0 aromatic carbocycles. The van der Waals surface area contributed by atoms with Gasteiger partial charge in [-0.15, -0.1) is 6.58 Å². The van der Waals surface area contributed by atoms with Crippen LogP contribution in [0.3, 0.4) is 0 Å². The summed E-state index contributed by atoms with van der Waals surface area (Å²) in [6, 6.07) is 0. The van der Waals surface area contributed by atoms with Crippen LogP contribution in [-0.2, 0) is 0 Å². The van der Waals surface area contributed by atoms with Gasteiger partial charge >= 0.3 is 0 Å². The summed E-state index contributed by atoms with van der Waals surface area (Å²) in [4.78, 5) is 0. The maximum atomic E-state index is 3.73. The molecule has 0 rings (SSSR count).